The molecule has 0 spiro atoms. The highest BCUT2D eigenvalue weighted by Gasteiger charge is 2.35. The molecule has 1 aliphatic heterocycles. The predicted molar refractivity (Wildman–Crippen MR) is 55.3 cm³/mol. The number of thioether (sulfide) groups is 1. The maximum atomic E-state index is 11.4. The Morgan fingerprint density at radius 1 is 1.53 bits per heavy atom. The first-order chi connectivity index (χ1) is 6.81. The molecule has 0 bridgehead atoms. The minimum absolute atomic E-state index is 0.241. The highest BCUT2D eigenvalue weighted by atomic mass is 32.2. The Kier molecular flexibility index (Phi) is 3.61. The van der Waals surface area contributed by atoms with Gasteiger partial charge in [0, 0.05) is 12.0 Å². The molecule has 1 N–H and O–H groups in total. The summed E-state index contributed by atoms with van der Waals surface area (Å²) in [4.78, 5) is 23.3. The van der Waals surface area contributed by atoms with E-state index < -0.39 is 33.5 Å². The molecule has 0 aliphatic carbocycles. The second-order valence-electron chi connectivity index (χ2n) is 3.29. The van der Waals surface area contributed by atoms with Crippen molar-refractivity contribution < 1.29 is 23.1 Å². The molecule has 86 valence electrons. The van der Waals surface area contributed by atoms with E-state index in [0.29, 0.717) is 5.75 Å². The third-order valence-electron chi connectivity index (χ3n) is 1.87. The van der Waals surface area contributed by atoms with E-state index in [-0.39, 0.29) is 5.88 Å². The zero-order valence-electron chi connectivity index (χ0n) is 8.04. The molecule has 15 heavy (non-hydrogen) atoms. The number of carboxylic acids is 1. The summed E-state index contributed by atoms with van der Waals surface area (Å²) in [6.45, 7) is 0. The van der Waals surface area contributed by atoms with Crippen LogP contribution in [-0.2, 0) is 19.4 Å². The fraction of sp³-hybridized carbons (Fsp3) is 0.714. The highest BCUT2D eigenvalue weighted by molar-refractivity contribution is 7.99. The molecule has 0 radical (unpaired) electrons. The Morgan fingerprint density at radius 2 is 2.13 bits per heavy atom. The van der Waals surface area contributed by atoms with Crippen molar-refractivity contribution >= 4 is 33.5 Å². The number of aliphatic carboxylic acids is 1. The fourth-order valence-corrected chi connectivity index (χ4v) is 2.99. The van der Waals surface area contributed by atoms with Crippen LogP contribution >= 0.6 is 11.8 Å². The van der Waals surface area contributed by atoms with Gasteiger partial charge >= 0.3 is 5.97 Å². The summed E-state index contributed by atoms with van der Waals surface area (Å²) in [6.07, 6.45) is 0.948. The normalized spacial score (nSPS) is 21.7. The Labute approximate surface area is 91.5 Å². The maximum absolute atomic E-state index is 11.4. The second kappa shape index (κ2) is 4.40. The monoisotopic (exact) mass is 253 g/mol. The zero-order chi connectivity index (χ0) is 11.6. The lowest BCUT2D eigenvalue weighted by atomic mass is 10.3. The molecule has 1 aliphatic rings. The molecule has 0 aromatic rings. The number of carbonyl (C=O) groups excluding carboxylic acids is 1. The van der Waals surface area contributed by atoms with Crippen LogP contribution in [-0.4, -0.2) is 60.0 Å². The van der Waals surface area contributed by atoms with E-state index in [2.05, 4.69) is 0 Å². The number of sulfone groups is 1. The molecular weight excluding hydrogens is 242 g/mol. The average molecular weight is 253 g/mol. The lowest BCUT2D eigenvalue weighted by Crippen LogP contribution is -2.44. The summed E-state index contributed by atoms with van der Waals surface area (Å²) in [7, 11) is -3.40. The average Bonchev–Trinajstić information content (AvgIpc) is 2.47. The van der Waals surface area contributed by atoms with E-state index in [4.69, 9.17) is 5.11 Å². The zero-order valence-corrected chi connectivity index (χ0v) is 9.68. The van der Waals surface area contributed by atoms with Crippen molar-refractivity contribution in [1.29, 1.82) is 0 Å². The molecule has 1 saturated heterocycles. The van der Waals surface area contributed by atoms with Gasteiger partial charge < -0.3 is 10.0 Å². The van der Waals surface area contributed by atoms with Gasteiger partial charge in [-0.15, -0.1) is 11.8 Å². The van der Waals surface area contributed by atoms with Gasteiger partial charge in [0.15, 0.2) is 9.84 Å². The molecule has 0 aromatic carbocycles. The number of hydrogen-bond donors (Lipinski definition) is 1. The standard InChI is InChI=1S/C7H11NO5S2/c1-15(12,13)3-6(9)8-4-14-2-5(8)7(10)11/h5H,2-4H2,1H3,(H,10,11). The molecule has 8 heteroatoms. The quantitative estimate of drug-likeness (QED) is 0.695. The van der Waals surface area contributed by atoms with E-state index in [1.54, 1.807) is 0 Å². The van der Waals surface area contributed by atoms with E-state index >= 15 is 0 Å². The molecule has 6 nitrogen and oxygen atoms in total. The summed E-state index contributed by atoms with van der Waals surface area (Å²) < 4.78 is 21.7. The van der Waals surface area contributed by atoms with E-state index in [0.717, 1.165) is 11.2 Å². The van der Waals surface area contributed by atoms with Crippen LogP contribution in [0.1, 0.15) is 0 Å². The van der Waals surface area contributed by atoms with Crippen LogP contribution < -0.4 is 0 Å². The van der Waals surface area contributed by atoms with Crippen LogP contribution in [0.4, 0.5) is 0 Å². The van der Waals surface area contributed by atoms with Crippen molar-refractivity contribution in [1.82, 2.24) is 4.90 Å². The van der Waals surface area contributed by atoms with Gasteiger partial charge in [-0.3, -0.25) is 4.79 Å². The first kappa shape index (κ1) is 12.3. The Balaban J connectivity index is 2.71. The number of carbonyl (C=O) groups is 2. The largest absolute Gasteiger partial charge is 0.480 e. The number of amides is 1. The van der Waals surface area contributed by atoms with Gasteiger partial charge in [-0.2, -0.15) is 0 Å². The SMILES string of the molecule is CS(=O)(=O)CC(=O)N1CSCC1C(=O)O. The molecule has 1 amide bonds. The second-order valence-corrected chi connectivity index (χ2v) is 6.43. The lowest BCUT2D eigenvalue weighted by molar-refractivity contribution is -0.146. The van der Waals surface area contributed by atoms with E-state index in [1.807, 2.05) is 0 Å². The van der Waals surface area contributed by atoms with Gasteiger partial charge in [0.1, 0.15) is 11.8 Å². The first-order valence-corrected chi connectivity index (χ1v) is 7.30. The first-order valence-electron chi connectivity index (χ1n) is 4.09. The number of rotatable bonds is 3. The van der Waals surface area contributed by atoms with Crippen molar-refractivity contribution in [3.8, 4) is 0 Å². The summed E-state index contributed by atoms with van der Waals surface area (Å²) >= 11 is 1.30. The number of carboxylic acid groups (broad SMARTS) is 1. The molecule has 1 fully saturated rings. The van der Waals surface area contributed by atoms with Crippen molar-refractivity contribution in [2.75, 3.05) is 23.6 Å². The summed E-state index contributed by atoms with van der Waals surface area (Å²) in [5, 5.41) is 8.77. The van der Waals surface area contributed by atoms with Crippen LogP contribution in [0.2, 0.25) is 0 Å². The molecule has 0 aromatic heterocycles. The van der Waals surface area contributed by atoms with Crippen LogP contribution in [0, 0.1) is 0 Å². The van der Waals surface area contributed by atoms with Crippen LogP contribution in [0.3, 0.4) is 0 Å². The Bertz CT molecular complexity index is 377. The number of nitrogens with zero attached hydrogens (tertiary/aromatic N) is 1. The minimum Gasteiger partial charge on any atom is -0.480 e. The molecule has 1 heterocycles. The molecule has 0 saturated carbocycles. The van der Waals surface area contributed by atoms with Gasteiger partial charge in [-0.05, 0) is 0 Å². The summed E-state index contributed by atoms with van der Waals surface area (Å²) in [5.41, 5.74) is 0. The van der Waals surface area contributed by atoms with Gasteiger partial charge in [0.25, 0.3) is 0 Å². The van der Waals surface area contributed by atoms with Crippen LogP contribution in [0.15, 0.2) is 0 Å². The summed E-state index contributed by atoms with van der Waals surface area (Å²) in [5.74, 6) is -1.82. The highest BCUT2D eigenvalue weighted by Crippen LogP contribution is 2.21. The third kappa shape index (κ3) is 3.38. The molecule has 1 unspecified atom stereocenters. The number of hydrogen-bond acceptors (Lipinski definition) is 5. The van der Waals surface area contributed by atoms with Crippen molar-refractivity contribution in [3.63, 3.8) is 0 Å². The smallest absolute Gasteiger partial charge is 0.327 e. The molecular formula is C7H11NO5S2. The van der Waals surface area contributed by atoms with Gasteiger partial charge in [-0.1, -0.05) is 0 Å². The van der Waals surface area contributed by atoms with Crippen molar-refractivity contribution in [3.05, 3.63) is 0 Å². The third-order valence-corrected chi connectivity index (χ3v) is 3.66. The van der Waals surface area contributed by atoms with Gasteiger partial charge in [0.2, 0.25) is 5.91 Å². The van der Waals surface area contributed by atoms with E-state index in [9.17, 15) is 18.0 Å². The predicted octanol–water partition coefficient (Wildman–Crippen LogP) is -0.983. The van der Waals surface area contributed by atoms with Crippen LogP contribution in [0.5, 0.6) is 0 Å². The maximum Gasteiger partial charge on any atom is 0.327 e. The van der Waals surface area contributed by atoms with Crippen LogP contribution in [0.25, 0.3) is 0 Å². The van der Waals surface area contributed by atoms with Gasteiger partial charge in [-0.25, -0.2) is 13.2 Å². The lowest BCUT2D eigenvalue weighted by Gasteiger charge is -2.19. The summed E-state index contributed by atoms with van der Waals surface area (Å²) in [6, 6.07) is -0.899. The molecule has 1 atom stereocenters. The van der Waals surface area contributed by atoms with Gasteiger partial charge in [0.05, 0.1) is 5.88 Å². The Hall–Kier alpha value is -0.760. The van der Waals surface area contributed by atoms with Crippen molar-refractivity contribution in [2.24, 2.45) is 0 Å². The fourth-order valence-electron chi connectivity index (χ4n) is 1.20. The van der Waals surface area contributed by atoms with E-state index in [1.165, 1.54) is 11.8 Å². The Morgan fingerprint density at radius 3 is 2.60 bits per heavy atom. The topological polar surface area (TPSA) is 91.8 Å². The minimum atomic E-state index is -3.40. The molecule has 1 rings (SSSR count). The van der Waals surface area contributed by atoms with Crippen molar-refractivity contribution in [2.45, 2.75) is 6.04 Å².